The van der Waals surface area contributed by atoms with Crippen LogP contribution in [0.1, 0.15) is 46.1 Å². The predicted molar refractivity (Wildman–Crippen MR) is 76.9 cm³/mol. The summed E-state index contributed by atoms with van der Waals surface area (Å²) in [7, 11) is 0. The van der Waals surface area contributed by atoms with E-state index in [9.17, 15) is 0 Å². The lowest BCUT2D eigenvalue weighted by Crippen LogP contribution is -2.38. The summed E-state index contributed by atoms with van der Waals surface area (Å²) in [5.41, 5.74) is 4.56. The average molecular weight is 249 g/mol. The van der Waals surface area contributed by atoms with Crippen LogP contribution in [-0.2, 0) is 6.42 Å². The maximum Gasteiger partial charge on any atom is 0.0300 e. The number of nitrogens with one attached hydrogen (secondary N) is 1. The van der Waals surface area contributed by atoms with Gasteiger partial charge in [-0.2, -0.15) is 0 Å². The van der Waals surface area contributed by atoms with Crippen molar-refractivity contribution >= 4 is 0 Å². The van der Waals surface area contributed by atoms with Crippen molar-refractivity contribution in [3.05, 3.63) is 30.1 Å². The van der Waals surface area contributed by atoms with Crippen molar-refractivity contribution in [2.75, 3.05) is 0 Å². The standard InChI is InChI=1S/C15H27N3/c1-12(10-15(2,3)4)8-14(18-16)9-13-6-5-7-17-11-13/h5-7,11-12,14,18H,8-10,16H2,1-4H3. The molecule has 0 saturated heterocycles. The zero-order chi connectivity index (χ0) is 13.6. The molecule has 0 aliphatic rings. The van der Waals surface area contributed by atoms with Crippen LogP contribution in [0.25, 0.3) is 0 Å². The molecule has 2 atom stereocenters. The minimum atomic E-state index is 0.326. The second-order valence-corrected chi connectivity index (χ2v) is 6.53. The molecule has 18 heavy (non-hydrogen) atoms. The molecule has 3 N–H and O–H groups in total. The summed E-state index contributed by atoms with van der Waals surface area (Å²) < 4.78 is 0. The monoisotopic (exact) mass is 249 g/mol. The number of hydrazine groups is 1. The molecule has 0 bridgehead atoms. The van der Waals surface area contributed by atoms with Crippen molar-refractivity contribution < 1.29 is 0 Å². The Morgan fingerprint density at radius 1 is 1.39 bits per heavy atom. The molecule has 0 radical (unpaired) electrons. The molecule has 2 unspecified atom stereocenters. The lowest BCUT2D eigenvalue weighted by Gasteiger charge is -2.26. The zero-order valence-electron chi connectivity index (χ0n) is 12.1. The normalized spacial score (nSPS) is 15.4. The minimum absolute atomic E-state index is 0.326. The number of rotatable bonds is 6. The largest absolute Gasteiger partial charge is 0.271 e. The van der Waals surface area contributed by atoms with Gasteiger partial charge < -0.3 is 0 Å². The summed E-state index contributed by atoms with van der Waals surface area (Å²) in [4.78, 5) is 4.14. The lowest BCUT2D eigenvalue weighted by atomic mass is 9.82. The predicted octanol–water partition coefficient (Wildman–Crippen LogP) is 2.92. The quantitative estimate of drug-likeness (QED) is 0.602. The van der Waals surface area contributed by atoms with Gasteiger partial charge in [-0.3, -0.25) is 16.3 Å². The van der Waals surface area contributed by atoms with Gasteiger partial charge in [-0.15, -0.1) is 0 Å². The summed E-state index contributed by atoms with van der Waals surface area (Å²) in [5, 5.41) is 0. The summed E-state index contributed by atoms with van der Waals surface area (Å²) in [5.74, 6) is 6.33. The van der Waals surface area contributed by atoms with E-state index in [0.717, 1.165) is 12.8 Å². The first kappa shape index (κ1) is 15.1. The van der Waals surface area contributed by atoms with Gasteiger partial charge in [0.2, 0.25) is 0 Å². The maximum atomic E-state index is 5.66. The number of pyridine rings is 1. The van der Waals surface area contributed by atoms with Crippen molar-refractivity contribution in [2.24, 2.45) is 17.2 Å². The van der Waals surface area contributed by atoms with E-state index in [1.54, 1.807) is 6.20 Å². The molecular weight excluding hydrogens is 222 g/mol. The molecule has 102 valence electrons. The average Bonchev–Trinajstić information content (AvgIpc) is 2.27. The fraction of sp³-hybridized carbons (Fsp3) is 0.667. The minimum Gasteiger partial charge on any atom is -0.271 e. The molecule has 0 aromatic carbocycles. The third-order valence-corrected chi connectivity index (χ3v) is 3.09. The third-order valence-electron chi connectivity index (χ3n) is 3.09. The second-order valence-electron chi connectivity index (χ2n) is 6.53. The first-order valence-corrected chi connectivity index (χ1v) is 6.76. The Morgan fingerprint density at radius 2 is 2.11 bits per heavy atom. The van der Waals surface area contributed by atoms with Gasteiger partial charge in [-0.05, 0) is 42.2 Å². The van der Waals surface area contributed by atoms with Gasteiger partial charge in [-0.25, -0.2) is 0 Å². The van der Waals surface area contributed by atoms with E-state index in [2.05, 4.69) is 44.2 Å². The highest BCUT2D eigenvalue weighted by molar-refractivity contribution is 5.10. The fourth-order valence-electron chi connectivity index (χ4n) is 2.63. The van der Waals surface area contributed by atoms with Gasteiger partial charge in [0.05, 0.1) is 0 Å². The van der Waals surface area contributed by atoms with Gasteiger partial charge in [0.15, 0.2) is 0 Å². The van der Waals surface area contributed by atoms with Gasteiger partial charge in [0.25, 0.3) is 0 Å². The summed E-state index contributed by atoms with van der Waals surface area (Å²) >= 11 is 0. The topological polar surface area (TPSA) is 50.9 Å². The number of aromatic nitrogens is 1. The van der Waals surface area contributed by atoms with Crippen LogP contribution in [0.15, 0.2) is 24.5 Å². The van der Waals surface area contributed by atoms with E-state index in [-0.39, 0.29) is 0 Å². The molecular formula is C15H27N3. The van der Waals surface area contributed by atoms with Crippen LogP contribution in [-0.4, -0.2) is 11.0 Å². The molecule has 0 aliphatic heterocycles. The smallest absolute Gasteiger partial charge is 0.0300 e. The number of hydrogen-bond acceptors (Lipinski definition) is 3. The SMILES string of the molecule is CC(CC(Cc1cccnc1)NN)CC(C)(C)C. The van der Waals surface area contributed by atoms with Crippen LogP contribution in [0.3, 0.4) is 0 Å². The van der Waals surface area contributed by atoms with E-state index in [1.165, 1.54) is 12.0 Å². The number of hydrogen-bond donors (Lipinski definition) is 2. The van der Waals surface area contributed by atoms with Gasteiger partial charge in [0.1, 0.15) is 0 Å². The Morgan fingerprint density at radius 3 is 2.61 bits per heavy atom. The summed E-state index contributed by atoms with van der Waals surface area (Å²) in [6, 6.07) is 4.40. The van der Waals surface area contributed by atoms with Crippen molar-refractivity contribution in [3.8, 4) is 0 Å². The van der Waals surface area contributed by atoms with Crippen LogP contribution in [0.4, 0.5) is 0 Å². The third kappa shape index (κ3) is 6.12. The number of nitrogens with zero attached hydrogens (tertiary/aromatic N) is 1. The van der Waals surface area contributed by atoms with Crippen LogP contribution < -0.4 is 11.3 Å². The summed E-state index contributed by atoms with van der Waals surface area (Å²) in [6.07, 6.45) is 6.98. The van der Waals surface area contributed by atoms with Gasteiger partial charge in [0, 0.05) is 18.4 Å². The lowest BCUT2D eigenvalue weighted by molar-refractivity contribution is 0.274. The van der Waals surface area contributed by atoms with E-state index >= 15 is 0 Å². The molecule has 0 spiro atoms. The molecule has 0 aliphatic carbocycles. The molecule has 0 fully saturated rings. The van der Waals surface area contributed by atoms with Crippen LogP contribution in [0, 0.1) is 11.3 Å². The molecule has 1 aromatic rings. The van der Waals surface area contributed by atoms with E-state index in [0.29, 0.717) is 17.4 Å². The highest BCUT2D eigenvalue weighted by Gasteiger charge is 2.18. The van der Waals surface area contributed by atoms with Crippen LogP contribution >= 0.6 is 0 Å². The Balaban J connectivity index is 2.47. The van der Waals surface area contributed by atoms with Crippen LogP contribution in [0.2, 0.25) is 0 Å². The molecule has 3 heteroatoms. The summed E-state index contributed by atoms with van der Waals surface area (Å²) in [6.45, 7) is 9.17. The molecule has 1 rings (SSSR count). The molecule has 0 amide bonds. The first-order valence-electron chi connectivity index (χ1n) is 6.76. The number of nitrogens with two attached hydrogens (primary N) is 1. The van der Waals surface area contributed by atoms with Crippen molar-refractivity contribution in [3.63, 3.8) is 0 Å². The molecule has 1 aromatic heterocycles. The van der Waals surface area contributed by atoms with Crippen molar-refractivity contribution in [1.82, 2.24) is 10.4 Å². The second kappa shape index (κ2) is 6.86. The fourth-order valence-corrected chi connectivity index (χ4v) is 2.63. The maximum absolute atomic E-state index is 5.66. The molecule has 3 nitrogen and oxygen atoms in total. The van der Waals surface area contributed by atoms with Gasteiger partial charge >= 0.3 is 0 Å². The molecule has 0 saturated carbocycles. The van der Waals surface area contributed by atoms with E-state index in [1.807, 2.05) is 12.3 Å². The van der Waals surface area contributed by atoms with E-state index in [4.69, 9.17) is 5.84 Å². The Kier molecular flexibility index (Phi) is 5.76. The Bertz CT molecular complexity index is 329. The van der Waals surface area contributed by atoms with Crippen molar-refractivity contribution in [1.29, 1.82) is 0 Å². The van der Waals surface area contributed by atoms with Gasteiger partial charge in [-0.1, -0.05) is 33.8 Å². The Labute approximate surface area is 111 Å². The van der Waals surface area contributed by atoms with E-state index < -0.39 is 0 Å². The highest BCUT2D eigenvalue weighted by atomic mass is 15.2. The Hall–Kier alpha value is -0.930. The first-order chi connectivity index (χ1) is 8.40. The molecule has 1 heterocycles. The highest BCUT2D eigenvalue weighted by Crippen LogP contribution is 2.27. The van der Waals surface area contributed by atoms with Crippen molar-refractivity contribution in [2.45, 2.75) is 53.0 Å². The van der Waals surface area contributed by atoms with Crippen LogP contribution in [0.5, 0.6) is 0 Å². The zero-order valence-corrected chi connectivity index (χ0v) is 12.1.